The summed E-state index contributed by atoms with van der Waals surface area (Å²) in [6.07, 6.45) is 0.722. The van der Waals surface area contributed by atoms with Crippen molar-refractivity contribution in [1.82, 2.24) is 24.5 Å². The number of aryl methyl sites for hydroxylation is 3. The van der Waals surface area contributed by atoms with Gasteiger partial charge in [-0.05, 0) is 54.9 Å². The smallest absolute Gasteiger partial charge is 0.234 e. The van der Waals surface area contributed by atoms with Crippen molar-refractivity contribution in [2.75, 3.05) is 11.1 Å². The first-order valence-corrected chi connectivity index (χ1v) is 11.8. The van der Waals surface area contributed by atoms with E-state index in [4.69, 9.17) is 0 Å². The molecule has 0 radical (unpaired) electrons. The molecule has 0 bridgehead atoms. The van der Waals surface area contributed by atoms with Crippen molar-refractivity contribution in [1.29, 1.82) is 0 Å². The minimum atomic E-state index is -0.0761. The first kappa shape index (κ1) is 22.0. The fourth-order valence-corrected chi connectivity index (χ4v) is 4.42. The Morgan fingerprint density at radius 1 is 1.24 bits per heavy atom. The van der Waals surface area contributed by atoms with Gasteiger partial charge in [0.1, 0.15) is 5.82 Å². The van der Waals surface area contributed by atoms with E-state index in [1.807, 2.05) is 42.8 Å². The maximum atomic E-state index is 12.3. The predicted molar refractivity (Wildman–Crippen MR) is 122 cm³/mol. The average molecular weight is 542 g/mol. The maximum Gasteiger partial charge on any atom is 0.234 e. The highest BCUT2D eigenvalue weighted by Crippen LogP contribution is 2.22. The number of nitrogens with zero attached hydrogens (tertiary/aromatic N) is 5. The van der Waals surface area contributed by atoms with E-state index < -0.39 is 0 Å². The summed E-state index contributed by atoms with van der Waals surface area (Å²) < 4.78 is 6.00. The van der Waals surface area contributed by atoms with Crippen molar-refractivity contribution in [3.05, 3.63) is 50.4 Å². The second-order valence-corrected chi connectivity index (χ2v) is 9.10. The summed E-state index contributed by atoms with van der Waals surface area (Å²) in [5, 5.41) is 16.8. The molecule has 0 aliphatic carbocycles. The number of thioether (sulfide) groups is 1. The molecule has 1 aromatic carbocycles. The molecule has 0 spiro atoms. The van der Waals surface area contributed by atoms with Gasteiger partial charge in [0, 0.05) is 35.4 Å². The fraction of sp³-hybridized carbons (Fsp3) is 0.368. The van der Waals surface area contributed by atoms with E-state index in [0.29, 0.717) is 0 Å². The fourth-order valence-electron chi connectivity index (χ4n) is 2.92. The highest BCUT2D eigenvalue weighted by molar-refractivity contribution is 9.10. The van der Waals surface area contributed by atoms with Crippen LogP contribution >= 0.6 is 43.6 Å². The van der Waals surface area contributed by atoms with Gasteiger partial charge in [0.05, 0.1) is 15.9 Å². The summed E-state index contributed by atoms with van der Waals surface area (Å²) in [5.74, 6) is 1.09. The number of nitrogens with one attached hydrogen (secondary N) is 1. The highest BCUT2D eigenvalue weighted by Gasteiger charge is 2.15. The number of benzene rings is 1. The molecule has 7 nitrogen and oxygen atoms in total. The molecule has 10 heteroatoms. The van der Waals surface area contributed by atoms with Crippen LogP contribution < -0.4 is 5.32 Å². The lowest BCUT2D eigenvalue weighted by molar-refractivity contribution is -0.113. The molecule has 3 aromatic rings. The third kappa shape index (κ3) is 5.49. The van der Waals surface area contributed by atoms with Crippen LogP contribution in [-0.2, 0) is 24.3 Å². The first-order valence-electron chi connectivity index (χ1n) is 9.18. The van der Waals surface area contributed by atoms with Gasteiger partial charge in [-0.15, -0.1) is 10.2 Å². The van der Waals surface area contributed by atoms with Crippen LogP contribution in [0.15, 0.2) is 38.4 Å². The van der Waals surface area contributed by atoms with Crippen LogP contribution in [0.2, 0.25) is 0 Å². The number of hydrogen-bond donors (Lipinski definition) is 1. The standard InChI is InChI=1S/C19H22Br2N6OS/c1-4-26-16(8-9-27-13(3)18(21)12(2)25-27)23-24-19(26)29-11-17(28)22-15-7-5-6-14(20)10-15/h5-7,10H,4,8-9,11H2,1-3H3,(H,22,28). The number of rotatable bonds is 8. The van der Waals surface area contributed by atoms with Crippen LogP contribution in [0, 0.1) is 13.8 Å². The SMILES string of the molecule is CCn1c(CCn2nc(C)c(Br)c2C)nnc1SCC(=O)Nc1cccc(Br)c1. The molecular formula is C19H22Br2N6OS. The molecule has 0 aliphatic heterocycles. The summed E-state index contributed by atoms with van der Waals surface area (Å²) in [4.78, 5) is 12.3. The van der Waals surface area contributed by atoms with Crippen LogP contribution in [0.3, 0.4) is 0 Å². The quantitative estimate of drug-likeness (QED) is 0.421. The number of carbonyl (C=O) groups is 1. The van der Waals surface area contributed by atoms with Crippen LogP contribution in [0.25, 0.3) is 0 Å². The van der Waals surface area contributed by atoms with Crippen molar-refractivity contribution < 1.29 is 4.79 Å². The van der Waals surface area contributed by atoms with E-state index in [0.717, 1.165) is 56.5 Å². The van der Waals surface area contributed by atoms with Crippen molar-refractivity contribution in [3.8, 4) is 0 Å². The molecule has 0 saturated carbocycles. The van der Waals surface area contributed by atoms with E-state index in [2.05, 4.69) is 64.0 Å². The Balaban J connectivity index is 1.60. The third-order valence-corrected chi connectivity index (χ3v) is 7.00. The average Bonchev–Trinajstić information content (AvgIpc) is 3.20. The number of amides is 1. The summed E-state index contributed by atoms with van der Waals surface area (Å²) in [5.41, 5.74) is 2.84. The Hall–Kier alpha value is -1.65. The van der Waals surface area contributed by atoms with E-state index in [-0.39, 0.29) is 11.7 Å². The lowest BCUT2D eigenvalue weighted by Gasteiger charge is -2.09. The Kier molecular flexibility index (Phi) is 7.53. The summed E-state index contributed by atoms with van der Waals surface area (Å²) in [6, 6.07) is 7.53. The molecule has 2 heterocycles. The normalized spacial score (nSPS) is 11.1. The second kappa shape index (κ2) is 9.90. The second-order valence-electron chi connectivity index (χ2n) is 6.45. The number of anilines is 1. The van der Waals surface area contributed by atoms with Gasteiger partial charge in [-0.25, -0.2) is 0 Å². The van der Waals surface area contributed by atoms with E-state index >= 15 is 0 Å². The first-order chi connectivity index (χ1) is 13.9. The molecule has 0 unspecified atom stereocenters. The lowest BCUT2D eigenvalue weighted by atomic mass is 10.3. The van der Waals surface area contributed by atoms with Gasteiger partial charge in [0.2, 0.25) is 5.91 Å². The molecular weight excluding hydrogens is 520 g/mol. The molecule has 1 N–H and O–H groups in total. The van der Waals surface area contributed by atoms with Crippen LogP contribution in [0.4, 0.5) is 5.69 Å². The van der Waals surface area contributed by atoms with Gasteiger partial charge in [0.15, 0.2) is 5.16 Å². The zero-order valence-electron chi connectivity index (χ0n) is 16.4. The molecule has 154 valence electrons. The van der Waals surface area contributed by atoms with Gasteiger partial charge in [-0.1, -0.05) is 33.8 Å². The van der Waals surface area contributed by atoms with Crippen LogP contribution in [0.1, 0.15) is 24.1 Å². The summed E-state index contributed by atoms with van der Waals surface area (Å²) in [6.45, 7) is 7.55. The van der Waals surface area contributed by atoms with Crippen LogP contribution in [0.5, 0.6) is 0 Å². The zero-order valence-corrected chi connectivity index (χ0v) is 20.4. The van der Waals surface area contributed by atoms with Gasteiger partial charge < -0.3 is 9.88 Å². The molecule has 0 atom stereocenters. The molecule has 0 aliphatic rings. The number of aromatic nitrogens is 5. The van der Waals surface area contributed by atoms with Gasteiger partial charge >= 0.3 is 0 Å². The van der Waals surface area contributed by atoms with E-state index in [9.17, 15) is 4.79 Å². The third-order valence-electron chi connectivity index (χ3n) is 4.39. The predicted octanol–water partition coefficient (Wildman–Crippen LogP) is 4.61. The number of hydrogen-bond acceptors (Lipinski definition) is 5. The Labute approximate surface area is 190 Å². The lowest BCUT2D eigenvalue weighted by Crippen LogP contribution is -2.15. The molecule has 0 fully saturated rings. The topological polar surface area (TPSA) is 77.6 Å². The van der Waals surface area contributed by atoms with Crippen molar-refractivity contribution in [2.45, 2.75) is 45.4 Å². The van der Waals surface area contributed by atoms with Gasteiger partial charge in [-0.2, -0.15) is 5.10 Å². The minimum Gasteiger partial charge on any atom is -0.325 e. The molecule has 3 rings (SSSR count). The molecule has 0 saturated heterocycles. The van der Waals surface area contributed by atoms with Crippen molar-refractivity contribution in [3.63, 3.8) is 0 Å². The Morgan fingerprint density at radius 2 is 2.03 bits per heavy atom. The minimum absolute atomic E-state index is 0.0761. The van der Waals surface area contributed by atoms with Gasteiger partial charge in [-0.3, -0.25) is 9.48 Å². The Bertz CT molecular complexity index is 1020. The molecule has 29 heavy (non-hydrogen) atoms. The van der Waals surface area contributed by atoms with E-state index in [1.165, 1.54) is 11.8 Å². The highest BCUT2D eigenvalue weighted by atomic mass is 79.9. The maximum absolute atomic E-state index is 12.3. The van der Waals surface area contributed by atoms with Gasteiger partial charge in [0.25, 0.3) is 0 Å². The number of carbonyl (C=O) groups excluding carboxylic acids is 1. The molecule has 2 aromatic heterocycles. The summed E-state index contributed by atoms with van der Waals surface area (Å²) in [7, 11) is 0. The zero-order chi connectivity index (χ0) is 21.0. The summed E-state index contributed by atoms with van der Waals surface area (Å²) >= 11 is 8.35. The van der Waals surface area contributed by atoms with Crippen LogP contribution in [-0.4, -0.2) is 36.2 Å². The van der Waals surface area contributed by atoms with Crippen molar-refractivity contribution in [2.24, 2.45) is 0 Å². The van der Waals surface area contributed by atoms with Crippen molar-refractivity contribution >= 4 is 55.2 Å². The number of halogens is 2. The monoisotopic (exact) mass is 540 g/mol. The largest absolute Gasteiger partial charge is 0.325 e. The van der Waals surface area contributed by atoms with E-state index in [1.54, 1.807) is 0 Å². The Morgan fingerprint density at radius 3 is 2.69 bits per heavy atom. The molecule has 1 amide bonds.